The molecule has 2 unspecified atom stereocenters. The predicted octanol–water partition coefficient (Wildman–Crippen LogP) is 1.51. The zero-order chi connectivity index (χ0) is 8.48. The lowest BCUT2D eigenvalue weighted by atomic mass is 10.3. The van der Waals surface area contributed by atoms with Crippen LogP contribution in [0.25, 0.3) is 0 Å². The van der Waals surface area contributed by atoms with Crippen molar-refractivity contribution >= 4 is 0 Å². The van der Waals surface area contributed by atoms with Crippen molar-refractivity contribution in [2.75, 3.05) is 0 Å². The maximum Gasteiger partial charge on any atom is 0.156 e. The molecule has 0 amide bonds. The number of rotatable bonds is 0. The summed E-state index contributed by atoms with van der Waals surface area (Å²) in [5.41, 5.74) is 0. The van der Waals surface area contributed by atoms with Crippen molar-refractivity contribution in [1.82, 2.24) is 0 Å². The van der Waals surface area contributed by atoms with E-state index in [2.05, 4.69) is 0 Å². The summed E-state index contributed by atoms with van der Waals surface area (Å²) in [6.45, 7) is 2.60. The van der Waals surface area contributed by atoms with Crippen LogP contribution in [0.15, 0.2) is 0 Å². The second kappa shape index (κ2) is 3.11. The van der Waals surface area contributed by atoms with E-state index in [-0.39, 0.29) is 0 Å². The minimum absolute atomic E-state index is 1.21. The van der Waals surface area contributed by atoms with Gasteiger partial charge in [0.15, 0.2) is 5.79 Å². The number of hydrogen-bond donors (Lipinski definition) is 2. The van der Waals surface area contributed by atoms with Crippen molar-refractivity contribution in [3.05, 3.63) is 0 Å². The van der Waals surface area contributed by atoms with E-state index in [1.807, 2.05) is 0 Å². The van der Waals surface area contributed by atoms with Crippen molar-refractivity contribution in [2.24, 2.45) is 11.8 Å². The molecule has 0 aliphatic heterocycles. The molecule has 0 bridgehead atoms. The Morgan fingerprint density at radius 1 is 1.09 bits per heavy atom. The maximum absolute atomic E-state index is 8.08. The summed E-state index contributed by atoms with van der Waals surface area (Å²) in [5.74, 6) is 0.926. The molecule has 0 aromatic carbocycles. The zero-order valence-electron chi connectivity index (χ0n) is 7.38. The van der Waals surface area contributed by atoms with Crippen molar-refractivity contribution in [3.63, 3.8) is 0 Å². The number of fused-ring (bicyclic) bond motifs is 1. The molecular weight excluding hydrogens is 140 g/mol. The molecule has 2 saturated carbocycles. The molecule has 2 aliphatic carbocycles. The molecule has 2 atom stereocenters. The Morgan fingerprint density at radius 2 is 1.45 bits per heavy atom. The Kier molecular flexibility index (Phi) is 2.55. The highest BCUT2D eigenvalue weighted by atomic mass is 16.5. The van der Waals surface area contributed by atoms with Crippen LogP contribution in [0.2, 0.25) is 0 Å². The molecule has 0 aromatic rings. The van der Waals surface area contributed by atoms with E-state index in [1.165, 1.54) is 32.1 Å². The predicted molar refractivity (Wildman–Crippen MR) is 44.0 cm³/mol. The zero-order valence-corrected chi connectivity index (χ0v) is 7.38. The van der Waals surface area contributed by atoms with E-state index >= 15 is 0 Å². The Labute approximate surface area is 68.2 Å². The first kappa shape index (κ1) is 9.01. The van der Waals surface area contributed by atoms with Gasteiger partial charge in [0, 0.05) is 0 Å². The lowest BCUT2D eigenvalue weighted by Crippen LogP contribution is -2.15. The lowest BCUT2D eigenvalue weighted by molar-refractivity contribution is -0.127. The third kappa shape index (κ3) is 4.38. The molecule has 0 aromatic heterocycles. The summed E-state index contributed by atoms with van der Waals surface area (Å²) in [6, 6.07) is 0. The van der Waals surface area contributed by atoms with Gasteiger partial charge in [0.2, 0.25) is 0 Å². The first-order chi connectivity index (χ1) is 4.97. The summed E-state index contributed by atoms with van der Waals surface area (Å²) in [6.07, 6.45) is 6.24. The van der Waals surface area contributed by atoms with Gasteiger partial charge in [-0.2, -0.15) is 0 Å². The maximum atomic E-state index is 8.08. The number of aliphatic hydroxyl groups is 2. The van der Waals surface area contributed by atoms with Gasteiger partial charge in [-0.1, -0.05) is 19.3 Å². The van der Waals surface area contributed by atoms with Crippen LogP contribution in [0.3, 0.4) is 0 Å². The minimum Gasteiger partial charge on any atom is -0.366 e. The second-order valence-corrected chi connectivity index (χ2v) is 4.18. The molecule has 2 nitrogen and oxygen atoms in total. The third-order valence-electron chi connectivity index (χ3n) is 2.22. The fourth-order valence-electron chi connectivity index (χ4n) is 1.66. The Morgan fingerprint density at radius 3 is 1.55 bits per heavy atom. The topological polar surface area (TPSA) is 40.5 Å². The van der Waals surface area contributed by atoms with Crippen molar-refractivity contribution < 1.29 is 10.2 Å². The average Bonchev–Trinajstić information content (AvgIpc) is 2.37. The van der Waals surface area contributed by atoms with Crippen LogP contribution in [-0.2, 0) is 0 Å². The average molecular weight is 158 g/mol. The van der Waals surface area contributed by atoms with Crippen LogP contribution >= 0.6 is 0 Å². The van der Waals surface area contributed by atoms with E-state index < -0.39 is 5.79 Å². The Hall–Kier alpha value is -0.0800. The fourth-order valence-corrected chi connectivity index (χ4v) is 1.66. The Balaban J connectivity index is 0.000000114. The van der Waals surface area contributed by atoms with Gasteiger partial charge < -0.3 is 10.2 Å². The molecule has 0 saturated heterocycles. The monoisotopic (exact) mass is 158 g/mol. The van der Waals surface area contributed by atoms with E-state index in [4.69, 9.17) is 10.2 Å². The summed E-state index contributed by atoms with van der Waals surface area (Å²) >= 11 is 0. The van der Waals surface area contributed by atoms with Crippen molar-refractivity contribution in [2.45, 2.75) is 45.3 Å². The van der Waals surface area contributed by atoms with Crippen molar-refractivity contribution in [3.8, 4) is 0 Å². The first-order valence-corrected chi connectivity index (χ1v) is 4.41. The molecule has 2 N–H and O–H groups in total. The quantitative estimate of drug-likeness (QED) is 0.525. The summed E-state index contributed by atoms with van der Waals surface area (Å²) < 4.78 is 0. The molecule has 0 heterocycles. The Bertz CT molecular complexity index is 112. The molecule has 66 valence electrons. The van der Waals surface area contributed by atoms with Gasteiger partial charge in [-0.3, -0.25) is 0 Å². The molecule has 2 rings (SSSR count). The van der Waals surface area contributed by atoms with E-state index in [0.29, 0.717) is 0 Å². The lowest BCUT2D eigenvalue weighted by Gasteiger charge is -2.03. The summed E-state index contributed by atoms with van der Waals surface area (Å²) in [5, 5.41) is 16.2. The second-order valence-electron chi connectivity index (χ2n) is 4.18. The minimum atomic E-state index is -1.50. The standard InChI is InChI=1S/C6H10.C3H8O2/c1-2-5-4-6(5)3-1;1-3(2,4)5/h5-6H,1-4H2;4-5H,1-2H3. The van der Waals surface area contributed by atoms with Gasteiger partial charge in [-0.25, -0.2) is 0 Å². The first-order valence-electron chi connectivity index (χ1n) is 4.41. The molecule has 2 fully saturated rings. The molecule has 11 heavy (non-hydrogen) atoms. The normalized spacial score (nSPS) is 33.8. The van der Waals surface area contributed by atoms with E-state index in [1.54, 1.807) is 19.3 Å². The fraction of sp³-hybridized carbons (Fsp3) is 1.00. The smallest absolute Gasteiger partial charge is 0.156 e. The molecule has 2 aliphatic rings. The van der Waals surface area contributed by atoms with Crippen LogP contribution in [0.4, 0.5) is 0 Å². The van der Waals surface area contributed by atoms with Crippen LogP contribution in [-0.4, -0.2) is 16.0 Å². The van der Waals surface area contributed by atoms with Gasteiger partial charge in [-0.05, 0) is 32.1 Å². The molecule has 0 spiro atoms. The number of hydrogen-bond acceptors (Lipinski definition) is 2. The van der Waals surface area contributed by atoms with Crippen molar-refractivity contribution in [1.29, 1.82) is 0 Å². The van der Waals surface area contributed by atoms with E-state index in [0.717, 1.165) is 0 Å². The summed E-state index contributed by atoms with van der Waals surface area (Å²) in [7, 11) is 0. The molecular formula is C9H18O2. The van der Waals surface area contributed by atoms with Crippen LogP contribution in [0.5, 0.6) is 0 Å². The van der Waals surface area contributed by atoms with Gasteiger partial charge in [0.1, 0.15) is 0 Å². The third-order valence-corrected chi connectivity index (χ3v) is 2.22. The highest BCUT2D eigenvalue weighted by Crippen LogP contribution is 2.51. The largest absolute Gasteiger partial charge is 0.366 e. The SMILES string of the molecule is C1CC2CC2C1.CC(C)(O)O. The van der Waals surface area contributed by atoms with Gasteiger partial charge in [0.25, 0.3) is 0 Å². The van der Waals surface area contributed by atoms with Gasteiger partial charge in [-0.15, -0.1) is 0 Å². The summed E-state index contributed by atoms with van der Waals surface area (Å²) in [4.78, 5) is 0. The molecule has 2 heteroatoms. The van der Waals surface area contributed by atoms with Gasteiger partial charge >= 0.3 is 0 Å². The highest BCUT2D eigenvalue weighted by Gasteiger charge is 2.40. The highest BCUT2D eigenvalue weighted by molar-refractivity contribution is 4.91. The van der Waals surface area contributed by atoms with Crippen LogP contribution < -0.4 is 0 Å². The van der Waals surface area contributed by atoms with Gasteiger partial charge in [0.05, 0.1) is 0 Å². The van der Waals surface area contributed by atoms with Crippen LogP contribution in [0.1, 0.15) is 39.5 Å². The molecule has 0 radical (unpaired) electrons. The van der Waals surface area contributed by atoms with E-state index in [9.17, 15) is 0 Å². The van der Waals surface area contributed by atoms with Crippen LogP contribution in [0, 0.1) is 11.8 Å².